The van der Waals surface area contributed by atoms with Crippen LogP contribution in [0.4, 0.5) is 0 Å². The van der Waals surface area contributed by atoms with Gasteiger partial charge < -0.3 is 20.1 Å². The Kier molecular flexibility index (Phi) is 8.32. The molecule has 0 atom stereocenters. The van der Waals surface area contributed by atoms with Crippen molar-refractivity contribution in [1.29, 1.82) is 0 Å². The SMILES string of the molecule is O=C(NCCOCCO)C(=O)N(Cc1ccccc1)Cc1ccccc1. The zero-order chi connectivity index (χ0) is 18.6. The summed E-state index contributed by atoms with van der Waals surface area (Å²) in [4.78, 5) is 26.3. The number of nitrogens with one attached hydrogen (secondary N) is 1. The summed E-state index contributed by atoms with van der Waals surface area (Å²) in [6.45, 7) is 1.30. The molecular weight excluding hydrogens is 332 g/mol. The predicted molar refractivity (Wildman–Crippen MR) is 98.1 cm³/mol. The summed E-state index contributed by atoms with van der Waals surface area (Å²) in [5.41, 5.74) is 1.91. The van der Waals surface area contributed by atoms with E-state index in [9.17, 15) is 9.59 Å². The van der Waals surface area contributed by atoms with E-state index >= 15 is 0 Å². The van der Waals surface area contributed by atoms with E-state index in [1.807, 2.05) is 60.7 Å². The Morgan fingerprint density at radius 2 is 1.42 bits per heavy atom. The summed E-state index contributed by atoms with van der Waals surface area (Å²) in [7, 11) is 0. The number of hydrogen-bond donors (Lipinski definition) is 2. The van der Waals surface area contributed by atoms with Gasteiger partial charge in [-0.2, -0.15) is 0 Å². The molecule has 2 amide bonds. The van der Waals surface area contributed by atoms with Gasteiger partial charge in [-0.25, -0.2) is 0 Å². The second-order valence-electron chi connectivity index (χ2n) is 5.72. The van der Waals surface area contributed by atoms with Crippen molar-refractivity contribution in [3.05, 3.63) is 71.8 Å². The van der Waals surface area contributed by atoms with Crippen LogP contribution in [0.2, 0.25) is 0 Å². The van der Waals surface area contributed by atoms with E-state index in [1.165, 1.54) is 4.90 Å². The van der Waals surface area contributed by atoms with Gasteiger partial charge in [0, 0.05) is 19.6 Å². The molecule has 0 radical (unpaired) electrons. The van der Waals surface area contributed by atoms with Crippen LogP contribution in [0.15, 0.2) is 60.7 Å². The lowest BCUT2D eigenvalue weighted by atomic mass is 10.1. The highest BCUT2D eigenvalue weighted by Crippen LogP contribution is 2.10. The van der Waals surface area contributed by atoms with Crippen molar-refractivity contribution in [2.75, 3.05) is 26.4 Å². The van der Waals surface area contributed by atoms with Crippen molar-refractivity contribution in [3.8, 4) is 0 Å². The molecule has 0 aliphatic carbocycles. The maximum Gasteiger partial charge on any atom is 0.312 e. The molecule has 0 heterocycles. The van der Waals surface area contributed by atoms with Crippen LogP contribution in [0.3, 0.4) is 0 Å². The standard InChI is InChI=1S/C20H24N2O4/c23-12-14-26-13-11-21-19(24)20(25)22(15-17-7-3-1-4-8-17)16-18-9-5-2-6-10-18/h1-10,23H,11-16H2,(H,21,24). The third kappa shape index (κ3) is 6.66. The van der Waals surface area contributed by atoms with Crippen molar-refractivity contribution in [2.45, 2.75) is 13.1 Å². The minimum Gasteiger partial charge on any atom is -0.394 e. The van der Waals surface area contributed by atoms with E-state index in [4.69, 9.17) is 9.84 Å². The lowest BCUT2D eigenvalue weighted by molar-refractivity contribution is -0.146. The first-order valence-corrected chi connectivity index (χ1v) is 8.54. The molecule has 2 N–H and O–H groups in total. The molecule has 26 heavy (non-hydrogen) atoms. The molecule has 6 nitrogen and oxygen atoms in total. The van der Waals surface area contributed by atoms with E-state index in [0.717, 1.165) is 11.1 Å². The lowest BCUT2D eigenvalue weighted by Crippen LogP contribution is -2.43. The Morgan fingerprint density at radius 3 is 1.92 bits per heavy atom. The first-order valence-electron chi connectivity index (χ1n) is 8.54. The van der Waals surface area contributed by atoms with Gasteiger partial charge in [-0.05, 0) is 11.1 Å². The average molecular weight is 356 g/mol. The number of carbonyl (C=O) groups excluding carboxylic acids is 2. The maximum atomic E-state index is 12.6. The van der Waals surface area contributed by atoms with Gasteiger partial charge in [-0.1, -0.05) is 60.7 Å². The van der Waals surface area contributed by atoms with Gasteiger partial charge in [0.05, 0.1) is 19.8 Å². The summed E-state index contributed by atoms with van der Waals surface area (Å²) in [5.74, 6) is -1.25. The zero-order valence-corrected chi connectivity index (χ0v) is 14.6. The van der Waals surface area contributed by atoms with E-state index in [0.29, 0.717) is 13.1 Å². The topological polar surface area (TPSA) is 78.9 Å². The molecule has 0 spiro atoms. The van der Waals surface area contributed by atoms with E-state index < -0.39 is 11.8 Å². The van der Waals surface area contributed by atoms with Gasteiger partial charge in [0.25, 0.3) is 0 Å². The van der Waals surface area contributed by atoms with Crippen molar-refractivity contribution >= 4 is 11.8 Å². The van der Waals surface area contributed by atoms with Gasteiger partial charge in [0.1, 0.15) is 0 Å². The Hall–Kier alpha value is -2.70. The Morgan fingerprint density at radius 1 is 0.885 bits per heavy atom. The van der Waals surface area contributed by atoms with Gasteiger partial charge in [-0.3, -0.25) is 9.59 Å². The highest BCUT2D eigenvalue weighted by molar-refractivity contribution is 6.34. The smallest absolute Gasteiger partial charge is 0.312 e. The van der Waals surface area contributed by atoms with Gasteiger partial charge >= 0.3 is 11.8 Å². The molecule has 0 fully saturated rings. The molecule has 2 aromatic rings. The Balaban J connectivity index is 1.99. The number of amides is 2. The predicted octanol–water partition coefficient (Wildman–Crippen LogP) is 1.34. The van der Waals surface area contributed by atoms with Crippen LogP contribution in [-0.2, 0) is 27.4 Å². The van der Waals surface area contributed by atoms with Crippen LogP contribution in [0.5, 0.6) is 0 Å². The number of rotatable bonds is 9. The third-order valence-electron chi connectivity index (χ3n) is 3.68. The number of carbonyl (C=O) groups is 2. The van der Waals surface area contributed by atoms with Crippen LogP contribution in [0, 0.1) is 0 Å². The maximum absolute atomic E-state index is 12.6. The van der Waals surface area contributed by atoms with Crippen molar-refractivity contribution in [2.24, 2.45) is 0 Å². The van der Waals surface area contributed by atoms with Gasteiger partial charge in [0.2, 0.25) is 0 Å². The largest absolute Gasteiger partial charge is 0.394 e. The normalized spacial score (nSPS) is 10.3. The first kappa shape index (κ1) is 19.6. The second kappa shape index (κ2) is 11.0. The number of aliphatic hydroxyl groups is 1. The molecule has 0 bridgehead atoms. The van der Waals surface area contributed by atoms with Gasteiger partial charge in [0.15, 0.2) is 0 Å². The fourth-order valence-electron chi connectivity index (χ4n) is 2.43. The Bertz CT molecular complexity index is 635. The van der Waals surface area contributed by atoms with Crippen molar-refractivity contribution < 1.29 is 19.4 Å². The lowest BCUT2D eigenvalue weighted by Gasteiger charge is -2.22. The highest BCUT2D eigenvalue weighted by Gasteiger charge is 2.22. The van der Waals surface area contributed by atoms with E-state index in [2.05, 4.69) is 5.32 Å². The number of aliphatic hydroxyl groups excluding tert-OH is 1. The number of ether oxygens (including phenoxy) is 1. The van der Waals surface area contributed by atoms with Crippen LogP contribution < -0.4 is 5.32 Å². The molecule has 138 valence electrons. The van der Waals surface area contributed by atoms with E-state index in [-0.39, 0.29) is 26.4 Å². The average Bonchev–Trinajstić information content (AvgIpc) is 2.68. The first-order chi connectivity index (χ1) is 12.7. The highest BCUT2D eigenvalue weighted by atomic mass is 16.5. The molecule has 6 heteroatoms. The summed E-state index contributed by atoms with van der Waals surface area (Å²) in [6.07, 6.45) is 0. The molecule has 0 aromatic heterocycles. The summed E-state index contributed by atoms with van der Waals surface area (Å²) >= 11 is 0. The van der Waals surface area contributed by atoms with Crippen molar-refractivity contribution in [3.63, 3.8) is 0 Å². The third-order valence-corrected chi connectivity index (χ3v) is 3.68. The minimum absolute atomic E-state index is 0.0746. The number of hydrogen-bond acceptors (Lipinski definition) is 4. The molecular formula is C20H24N2O4. The van der Waals surface area contributed by atoms with Crippen LogP contribution in [0.1, 0.15) is 11.1 Å². The number of nitrogens with zero attached hydrogens (tertiary/aromatic N) is 1. The molecule has 0 aliphatic heterocycles. The second-order valence-corrected chi connectivity index (χ2v) is 5.72. The fourth-order valence-corrected chi connectivity index (χ4v) is 2.43. The van der Waals surface area contributed by atoms with Crippen LogP contribution in [-0.4, -0.2) is 48.2 Å². The van der Waals surface area contributed by atoms with Gasteiger partial charge in [-0.15, -0.1) is 0 Å². The van der Waals surface area contributed by atoms with Crippen LogP contribution in [0.25, 0.3) is 0 Å². The quantitative estimate of drug-likeness (QED) is 0.525. The molecule has 0 saturated heterocycles. The Labute approximate surface area is 153 Å². The monoisotopic (exact) mass is 356 g/mol. The molecule has 0 aliphatic rings. The summed E-state index contributed by atoms with van der Waals surface area (Å²) in [5, 5.41) is 11.2. The summed E-state index contributed by atoms with van der Waals surface area (Å²) < 4.78 is 5.08. The minimum atomic E-state index is -0.663. The number of benzene rings is 2. The van der Waals surface area contributed by atoms with E-state index in [1.54, 1.807) is 0 Å². The fraction of sp³-hybridized carbons (Fsp3) is 0.300. The molecule has 0 unspecified atom stereocenters. The van der Waals surface area contributed by atoms with Crippen LogP contribution >= 0.6 is 0 Å². The van der Waals surface area contributed by atoms with Crippen molar-refractivity contribution in [1.82, 2.24) is 10.2 Å². The summed E-state index contributed by atoms with van der Waals surface area (Å²) in [6, 6.07) is 19.1. The molecule has 0 saturated carbocycles. The molecule has 2 aromatic carbocycles. The molecule has 2 rings (SSSR count). The zero-order valence-electron chi connectivity index (χ0n) is 14.6.